The van der Waals surface area contributed by atoms with Crippen LogP contribution in [0.25, 0.3) is 10.9 Å². The summed E-state index contributed by atoms with van der Waals surface area (Å²) in [4.78, 5) is 18.3. The van der Waals surface area contributed by atoms with Crippen molar-refractivity contribution in [2.75, 3.05) is 19.6 Å². The lowest BCUT2D eigenvalue weighted by Crippen LogP contribution is -2.50. The van der Waals surface area contributed by atoms with Gasteiger partial charge in [0, 0.05) is 49.3 Å². The molecule has 1 saturated heterocycles. The minimum absolute atomic E-state index is 0.0257. The van der Waals surface area contributed by atoms with Crippen LogP contribution in [0.1, 0.15) is 50.6 Å². The zero-order valence-electron chi connectivity index (χ0n) is 16.2. The van der Waals surface area contributed by atoms with Gasteiger partial charge in [-0.3, -0.25) is 0 Å². The van der Waals surface area contributed by atoms with Gasteiger partial charge in [0.2, 0.25) is 0 Å². The zero-order chi connectivity index (χ0) is 18.5. The molecule has 146 valence electrons. The number of H-pyrrole nitrogens is 1. The molecule has 1 aromatic carbocycles. The average molecular weight is 369 g/mol. The molecule has 2 amide bonds. The fraction of sp³-hybridized carbons (Fsp3) is 0.591. The molecule has 27 heavy (non-hydrogen) atoms. The first kappa shape index (κ1) is 18.4. The summed E-state index contributed by atoms with van der Waals surface area (Å²) < 4.78 is 0. The van der Waals surface area contributed by atoms with Crippen molar-refractivity contribution >= 4 is 16.9 Å². The van der Waals surface area contributed by atoms with E-state index in [2.05, 4.69) is 38.7 Å². The maximum absolute atomic E-state index is 12.2. The first-order valence-electron chi connectivity index (χ1n) is 10.6. The zero-order valence-corrected chi connectivity index (χ0v) is 16.2. The number of hydrogen-bond donors (Lipinski definition) is 3. The van der Waals surface area contributed by atoms with Crippen LogP contribution in [-0.4, -0.2) is 47.6 Å². The molecule has 5 nitrogen and oxygen atoms in total. The minimum Gasteiger partial charge on any atom is -0.358 e. The summed E-state index contributed by atoms with van der Waals surface area (Å²) in [7, 11) is 0. The molecule has 2 aliphatic rings. The molecule has 1 aliphatic heterocycles. The van der Waals surface area contributed by atoms with Crippen molar-refractivity contribution in [3.63, 3.8) is 0 Å². The largest absolute Gasteiger partial charge is 0.358 e. The molecule has 2 fully saturated rings. The standard InChI is InChI=1S/C22H32N4O/c27-22(23-13-10-19-16-17-6-4-5-9-21(17)24-19)25-18-11-14-26(15-12-18)20-7-2-1-3-8-20/h4-6,9,16,18,20,24H,1-3,7-8,10-15H2,(H2,23,25,27). The van der Waals surface area contributed by atoms with Crippen molar-refractivity contribution in [1.29, 1.82) is 0 Å². The number of fused-ring (bicyclic) bond motifs is 1. The van der Waals surface area contributed by atoms with Crippen LogP contribution in [-0.2, 0) is 6.42 Å². The van der Waals surface area contributed by atoms with E-state index in [1.807, 2.05) is 12.1 Å². The highest BCUT2D eigenvalue weighted by Gasteiger charge is 2.26. The normalized spacial score (nSPS) is 20.0. The summed E-state index contributed by atoms with van der Waals surface area (Å²) in [6.45, 7) is 2.91. The van der Waals surface area contributed by atoms with Crippen LogP contribution in [0.4, 0.5) is 4.79 Å². The Morgan fingerprint density at radius 3 is 2.63 bits per heavy atom. The molecule has 0 bridgehead atoms. The number of para-hydroxylation sites is 1. The van der Waals surface area contributed by atoms with Gasteiger partial charge in [-0.15, -0.1) is 0 Å². The van der Waals surface area contributed by atoms with Crippen LogP contribution in [0.3, 0.4) is 0 Å². The fourth-order valence-electron chi connectivity index (χ4n) is 4.67. The van der Waals surface area contributed by atoms with Gasteiger partial charge in [-0.05, 0) is 43.2 Å². The van der Waals surface area contributed by atoms with Crippen LogP contribution in [0.2, 0.25) is 0 Å². The number of rotatable bonds is 5. The van der Waals surface area contributed by atoms with E-state index in [4.69, 9.17) is 0 Å². The van der Waals surface area contributed by atoms with Gasteiger partial charge in [-0.1, -0.05) is 37.5 Å². The van der Waals surface area contributed by atoms with Gasteiger partial charge >= 0.3 is 6.03 Å². The number of urea groups is 1. The molecular formula is C22H32N4O. The summed E-state index contributed by atoms with van der Waals surface area (Å²) in [5.41, 5.74) is 2.32. The van der Waals surface area contributed by atoms with E-state index < -0.39 is 0 Å². The molecule has 5 heteroatoms. The van der Waals surface area contributed by atoms with Crippen LogP contribution in [0, 0.1) is 0 Å². The van der Waals surface area contributed by atoms with E-state index in [1.54, 1.807) is 0 Å². The first-order valence-corrected chi connectivity index (χ1v) is 10.6. The van der Waals surface area contributed by atoms with Crippen LogP contribution in [0.5, 0.6) is 0 Å². The Kier molecular flexibility index (Phi) is 5.97. The highest BCUT2D eigenvalue weighted by atomic mass is 16.2. The van der Waals surface area contributed by atoms with E-state index in [1.165, 1.54) is 37.5 Å². The molecule has 2 aromatic rings. The number of carbonyl (C=O) groups excluding carboxylic acids is 1. The van der Waals surface area contributed by atoms with Crippen molar-refractivity contribution < 1.29 is 4.79 Å². The van der Waals surface area contributed by atoms with Crippen molar-refractivity contribution in [2.24, 2.45) is 0 Å². The number of aromatic nitrogens is 1. The molecule has 2 heterocycles. The third-order valence-corrected chi connectivity index (χ3v) is 6.22. The van der Waals surface area contributed by atoms with Gasteiger partial charge in [0.15, 0.2) is 0 Å². The summed E-state index contributed by atoms with van der Waals surface area (Å²) in [5, 5.41) is 7.41. The quantitative estimate of drug-likeness (QED) is 0.752. The lowest BCUT2D eigenvalue weighted by atomic mass is 9.92. The molecule has 0 unspecified atom stereocenters. The Labute approximate surface area is 161 Å². The van der Waals surface area contributed by atoms with Crippen molar-refractivity contribution in [3.05, 3.63) is 36.0 Å². The maximum Gasteiger partial charge on any atom is 0.315 e. The number of likely N-dealkylation sites (tertiary alicyclic amines) is 1. The molecule has 4 rings (SSSR count). The molecule has 1 saturated carbocycles. The number of benzene rings is 1. The molecule has 1 aliphatic carbocycles. The molecule has 0 radical (unpaired) electrons. The second kappa shape index (κ2) is 8.79. The van der Waals surface area contributed by atoms with E-state index in [-0.39, 0.29) is 6.03 Å². The predicted octanol–water partition coefficient (Wildman–Crippen LogP) is 3.81. The van der Waals surface area contributed by atoms with E-state index >= 15 is 0 Å². The number of amides is 2. The first-order chi connectivity index (χ1) is 13.3. The average Bonchev–Trinajstić information content (AvgIpc) is 3.12. The third-order valence-electron chi connectivity index (χ3n) is 6.22. The summed E-state index contributed by atoms with van der Waals surface area (Å²) in [6.07, 6.45) is 9.90. The topological polar surface area (TPSA) is 60.2 Å². The van der Waals surface area contributed by atoms with Gasteiger partial charge < -0.3 is 20.5 Å². The monoisotopic (exact) mass is 368 g/mol. The lowest BCUT2D eigenvalue weighted by molar-refractivity contribution is 0.117. The highest BCUT2D eigenvalue weighted by Crippen LogP contribution is 2.25. The van der Waals surface area contributed by atoms with Gasteiger partial charge in [0.1, 0.15) is 0 Å². The maximum atomic E-state index is 12.2. The fourth-order valence-corrected chi connectivity index (χ4v) is 4.67. The van der Waals surface area contributed by atoms with E-state index in [0.29, 0.717) is 12.6 Å². The summed E-state index contributed by atoms with van der Waals surface area (Å²) in [6, 6.07) is 11.5. The molecule has 1 aromatic heterocycles. The van der Waals surface area contributed by atoms with Gasteiger partial charge in [0.25, 0.3) is 0 Å². The second-order valence-electron chi connectivity index (χ2n) is 8.13. The molecular weight excluding hydrogens is 336 g/mol. The number of nitrogens with one attached hydrogen (secondary N) is 3. The number of aromatic amines is 1. The Hall–Kier alpha value is -2.01. The number of carbonyl (C=O) groups is 1. The summed E-state index contributed by atoms with van der Waals surface area (Å²) >= 11 is 0. The van der Waals surface area contributed by atoms with E-state index in [9.17, 15) is 4.79 Å². The van der Waals surface area contributed by atoms with Crippen LogP contribution < -0.4 is 10.6 Å². The Morgan fingerprint density at radius 2 is 1.85 bits per heavy atom. The SMILES string of the molecule is O=C(NCCc1cc2ccccc2[nH]1)NC1CCN(C2CCCCC2)CC1. The van der Waals surface area contributed by atoms with Crippen LogP contribution >= 0.6 is 0 Å². The lowest BCUT2D eigenvalue weighted by Gasteiger charge is -2.39. The Balaban J connectivity index is 1.15. The Bertz CT molecular complexity index is 709. The van der Waals surface area contributed by atoms with Crippen molar-refractivity contribution in [2.45, 2.75) is 63.5 Å². The van der Waals surface area contributed by atoms with E-state index in [0.717, 1.165) is 49.6 Å². The van der Waals surface area contributed by atoms with Gasteiger partial charge in [-0.25, -0.2) is 4.79 Å². The number of hydrogen-bond acceptors (Lipinski definition) is 2. The summed E-state index contributed by atoms with van der Waals surface area (Å²) in [5.74, 6) is 0. The van der Waals surface area contributed by atoms with Gasteiger partial charge in [0.05, 0.1) is 0 Å². The highest BCUT2D eigenvalue weighted by molar-refractivity contribution is 5.80. The number of nitrogens with zero attached hydrogens (tertiary/aromatic N) is 1. The van der Waals surface area contributed by atoms with Crippen molar-refractivity contribution in [3.8, 4) is 0 Å². The van der Waals surface area contributed by atoms with Crippen LogP contribution in [0.15, 0.2) is 30.3 Å². The van der Waals surface area contributed by atoms with Crippen molar-refractivity contribution in [1.82, 2.24) is 20.5 Å². The molecule has 0 atom stereocenters. The predicted molar refractivity (Wildman–Crippen MR) is 110 cm³/mol. The van der Waals surface area contributed by atoms with Gasteiger partial charge in [-0.2, -0.15) is 0 Å². The molecule has 3 N–H and O–H groups in total. The smallest absolute Gasteiger partial charge is 0.315 e. The number of piperidine rings is 1. The molecule has 0 spiro atoms. The minimum atomic E-state index is -0.0257. The third kappa shape index (κ3) is 4.83. The second-order valence-corrected chi connectivity index (χ2v) is 8.13. The Morgan fingerprint density at radius 1 is 1.07 bits per heavy atom.